The van der Waals surface area contributed by atoms with Crippen molar-refractivity contribution in [2.75, 3.05) is 0 Å². The minimum atomic E-state index is -0.235. The summed E-state index contributed by atoms with van der Waals surface area (Å²) in [6.45, 7) is 10.8. The highest BCUT2D eigenvalue weighted by Crippen LogP contribution is 2.30. The first-order chi connectivity index (χ1) is 12.4. The van der Waals surface area contributed by atoms with Crippen molar-refractivity contribution < 1.29 is 9.53 Å². The zero-order valence-electron chi connectivity index (χ0n) is 16.8. The van der Waals surface area contributed by atoms with Crippen molar-refractivity contribution in [3.8, 4) is 0 Å². The van der Waals surface area contributed by atoms with Gasteiger partial charge < -0.3 is 4.74 Å². The van der Waals surface area contributed by atoms with E-state index < -0.39 is 0 Å². The summed E-state index contributed by atoms with van der Waals surface area (Å²) in [5.41, 5.74) is 5.90. The SMILES string of the molecule is CC(C)=CCC/C(C)=C/CCC1=CC(c2ccc(C(C)C)cc2)OC1=O. The molecule has 26 heavy (non-hydrogen) atoms. The molecule has 1 atom stereocenters. The average Bonchev–Trinajstić information content (AvgIpc) is 2.95. The maximum atomic E-state index is 12.1. The van der Waals surface area contributed by atoms with Crippen LogP contribution in [0.25, 0.3) is 0 Å². The summed E-state index contributed by atoms with van der Waals surface area (Å²) in [6.07, 6.45) is 10.1. The van der Waals surface area contributed by atoms with Crippen LogP contribution in [0, 0.1) is 0 Å². The lowest BCUT2D eigenvalue weighted by Gasteiger charge is -2.10. The van der Waals surface area contributed by atoms with E-state index in [-0.39, 0.29) is 12.1 Å². The quantitative estimate of drug-likeness (QED) is 0.379. The van der Waals surface area contributed by atoms with Crippen molar-refractivity contribution in [2.45, 2.75) is 72.3 Å². The van der Waals surface area contributed by atoms with Crippen molar-refractivity contribution in [3.63, 3.8) is 0 Å². The number of rotatable bonds is 8. The Kier molecular flexibility index (Phi) is 7.44. The van der Waals surface area contributed by atoms with E-state index in [0.717, 1.165) is 36.8 Å². The minimum absolute atomic E-state index is 0.168. The lowest BCUT2D eigenvalue weighted by molar-refractivity contribution is -0.140. The van der Waals surface area contributed by atoms with E-state index in [4.69, 9.17) is 4.74 Å². The summed E-state index contributed by atoms with van der Waals surface area (Å²) >= 11 is 0. The van der Waals surface area contributed by atoms with Gasteiger partial charge in [-0.15, -0.1) is 0 Å². The number of carbonyl (C=O) groups is 1. The largest absolute Gasteiger partial charge is 0.450 e. The van der Waals surface area contributed by atoms with Crippen LogP contribution in [-0.2, 0) is 9.53 Å². The standard InChI is InChI=1S/C24H32O2/c1-17(2)8-6-9-19(5)10-7-11-22-16-23(26-24(22)25)21-14-12-20(13-15-21)18(3)4/h8,10,12-16,18,23H,6-7,9,11H2,1-5H3/b19-10+. The fourth-order valence-electron chi connectivity index (χ4n) is 3.06. The predicted molar refractivity (Wildman–Crippen MR) is 109 cm³/mol. The number of carbonyl (C=O) groups excluding carboxylic acids is 1. The number of cyclic esters (lactones) is 1. The van der Waals surface area contributed by atoms with Gasteiger partial charge in [-0.2, -0.15) is 0 Å². The fraction of sp³-hybridized carbons (Fsp3) is 0.458. The van der Waals surface area contributed by atoms with Crippen LogP contribution in [-0.4, -0.2) is 5.97 Å². The van der Waals surface area contributed by atoms with Crippen molar-refractivity contribution in [3.05, 3.63) is 70.3 Å². The molecule has 0 N–H and O–H groups in total. The molecule has 2 heteroatoms. The Morgan fingerprint density at radius 1 is 1.08 bits per heavy atom. The number of benzene rings is 1. The van der Waals surface area contributed by atoms with Gasteiger partial charge in [-0.25, -0.2) is 4.79 Å². The molecule has 1 aliphatic heterocycles. The molecule has 1 aliphatic rings. The molecule has 0 fully saturated rings. The molecule has 2 nitrogen and oxygen atoms in total. The summed E-state index contributed by atoms with van der Waals surface area (Å²) in [5, 5.41) is 0. The van der Waals surface area contributed by atoms with Crippen LogP contribution < -0.4 is 0 Å². The summed E-state index contributed by atoms with van der Waals surface area (Å²) in [7, 11) is 0. The Bertz CT molecular complexity index is 698. The first-order valence-electron chi connectivity index (χ1n) is 9.67. The van der Waals surface area contributed by atoms with Crippen LogP contribution in [0.3, 0.4) is 0 Å². The van der Waals surface area contributed by atoms with Gasteiger partial charge in [0.25, 0.3) is 0 Å². The second-order valence-corrected chi connectivity index (χ2v) is 7.75. The van der Waals surface area contributed by atoms with Crippen LogP contribution in [0.5, 0.6) is 0 Å². The van der Waals surface area contributed by atoms with Crippen LogP contribution in [0.4, 0.5) is 0 Å². The van der Waals surface area contributed by atoms with Crippen LogP contribution in [0.15, 0.2) is 59.2 Å². The lowest BCUT2D eigenvalue weighted by Crippen LogP contribution is -2.02. The molecule has 0 spiro atoms. The molecule has 1 unspecified atom stereocenters. The number of esters is 1. The topological polar surface area (TPSA) is 26.3 Å². The van der Waals surface area contributed by atoms with E-state index in [2.05, 4.69) is 71.0 Å². The van der Waals surface area contributed by atoms with E-state index in [1.165, 1.54) is 16.7 Å². The lowest BCUT2D eigenvalue weighted by atomic mass is 9.99. The first-order valence-corrected chi connectivity index (χ1v) is 9.67. The highest BCUT2D eigenvalue weighted by Gasteiger charge is 2.25. The van der Waals surface area contributed by atoms with E-state index >= 15 is 0 Å². The van der Waals surface area contributed by atoms with Gasteiger partial charge in [0.15, 0.2) is 0 Å². The Hall–Kier alpha value is -2.09. The van der Waals surface area contributed by atoms with Gasteiger partial charge in [0.05, 0.1) is 0 Å². The molecule has 2 rings (SSSR count). The molecule has 0 saturated heterocycles. The van der Waals surface area contributed by atoms with E-state index in [1.807, 2.05) is 6.08 Å². The van der Waals surface area contributed by atoms with Crippen LogP contribution >= 0.6 is 0 Å². The number of hydrogen-bond acceptors (Lipinski definition) is 2. The summed E-state index contributed by atoms with van der Waals surface area (Å²) in [5.74, 6) is 0.339. The normalized spacial score (nSPS) is 17.3. The van der Waals surface area contributed by atoms with E-state index in [1.54, 1.807) is 0 Å². The van der Waals surface area contributed by atoms with Gasteiger partial charge in [-0.05, 0) is 69.6 Å². The van der Waals surface area contributed by atoms with Crippen LogP contribution in [0.1, 0.15) is 83.5 Å². The first kappa shape index (κ1) is 20.2. The summed E-state index contributed by atoms with van der Waals surface area (Å²) < 4.78 is 5.55. The Balaban J connectivity index is 1.90. The van der Waals surface area contributed by atoms with Gasteiger partial charge >= 0.3 is 5.97 Å². The maximum Gasteiger partial charge on any atom is 0.334 e. The van der Waals surface area contributed by atoms with Crippen molar-refractivity contribution >= 4 is 5.97 Å². The highest BCUT2D eigenvalue weighted by atomic mass is 16.5. The van der Waals surface area contributed by atoms with Gasteiger partial charge in [0, 0.05) is 5.57 Å². The van der Waals surface area contributed by atoms with Gasteiger partial charge in [0.2, 0.25) is 0 Å². The van der Waals surface area contributed by atoms with Gasteiger partial charge in [-0.1, -0.05) is 61.4 Å². The Labute approximate surface area is 158 Å². The number of ether oxygens (including phenoxy) is 1. The average molecular weight is 353 g/mol. The second-order valence-electron chi connectivity index (χ2n) is 7.75. The zero-order valence-corrected chi connectivity index (χ0v) is 16.8. The van der Waals surface area contributed by atoms with E-state index in [9.17, 15) is 4.79 Å². The summed E-state index contributed by atoms with van der Waals surface area (Å²) in [6, 6.07) is 8.39. The van der Waals surface area contributed by atoms with Crippen molar-refractivity contribution in [2.24, 2.45) is 0 Å². The smallest absolute Gasteiger partial charge is 0.334 e. The number of hydrogen-bond donors (Lipinski definition) is 0. The molecular formula is C24H32O2. The highest BCUT2D eigenvalue weighted by molar-refractivity contribution is 5.91. The van der Waals surface area contributed by atoms with Gasteiger partial charge in [0.1, 0.15) is 6.10 Å². The molecule has 0 radical (unpaired) electrons. The van der Waals surface area contributed by atoms with E-state index in [0.29, 0.717) is 5.92 Å². The Morgan fingerprint density at radius 3 is 2.38 bits per heavy atom. The van der Waals surface area contributed by atoms with Crippen LogP contribution in [0.2, 0.25) is 0 Å². The van der Waals surface area contributed by atoms with Gasteiger partial charge in [-0.3, -0.25) is 0 Å². The van der Waals surface area contributed by atoms with Crippen molar-refractivity contribution in [1.29, 1.82) is 0 Å². The molecule has 140 valence electrons. The predicted octanol–water partition coefficient (Wildman–Crippen LogP) is 6.81. The molecule has 0 bridgehead atoms. The molecule has 0 amide bonds. The molecular weight excluding hydrogens is 320 g/mol. The number of allylic oxidation sites excluding steroid dienone is 4. The molecule has 1 aromatic rings. The third-order valence-electron chi connectivity index (χ3n) is 4.78. The Morgan fingerprint density at radius 2 is 1.77 bits per heavy atom. The second kappa shape index (κ2) is 9.56. The summed E-state index contributed by atoms with van der Waals surface area (Å²) in [4.78, 5) is 12.1. The fourth-order valence-corrected chi connectivity index (χ4v) is 3.06. The molecule has 0 aliphatic carbocycles. The maximum absolute atomic E-state index is 12.1. The molecule has 0 aromatic heterocycles. The third-order valence-corrected chi connectivity index (χ3v) is 4.78. The minimum Gasteiger partial charge on any atom is -0.450 e. The van der Waals surface area contributed by atoms with Crippen molar-refractivity contribution in [1.82, 2.24) is 0 Å². The molecule has 0 saturated carbocycles. The third kappa shape index (κ3) is 6.01. The monoisotopic (exact) mass is 352 g/mol. The molecule has 1 heterocycles. The zero-order chi connectivity index (χ0) is 19.1. The molecule has 1 aromatic carbocycles.